The van der Waals surface area contributed by atoms with Crippen LogP contribution in [0, 0.1) is 13.8 Å². The Morgan fingerprint density at radius 1 is 1.11 bits per heavy atom. The number of aromatic amines is 1. The number of aromatic nitrogens is 2. The van der Waals surface area contributed by atoms with Crippen LogP contribution in [0.2, 0.25) is 5.02 Å². The molecule has 0 atom stereocenters. The van der Waals surface area contributed by atoms with E-state index in [4.69, 9.17) is 11.6 Å². The van der Waals surface area contributed by atoms with Gasteiger partial charge >= 0.3 is 0 Å². The average Bonchev–Trinajstić information content (AvgIpc) is 2.90. The van der Waals surface area contributed by atoms with Crippen molar-refractivity contribution in [2.24, 2.45) is 0 Å². The van der Waals surface area contributed by atoms with E-state index in [0.717, 1.165) is 49.2 Å². The predicted octanol–water partition coefficient (Wildman–Crippen LogP) is 5.34. The van der Waals surface area contributed by atoms with Crippen LogP contribution in [-0.2, 0) is 6.54 Å². The van der Waals surface area contributed by atoms with Gasteiger partial charge in [-0.3, -0.25) is 14.6 Å². The summed E-state index contributed by atoms with van der Waals surface area (Å²) in [5.74, 6) is -0.259. The molecule has 2 N–H and O–H groups in total. The minimum absolute atomic E-state index is 0.0771. The molecule has 1 saturated carbocycles. The van der Waals surface area contributed by atoms with Gasteiger partial charge in [-0.2, -0.15) is 0 Å². The van der Waals surface area contributed by atoms with E-state index in [-0.39, 0.29) is 17.9 Å². The zero-order chi connectivity index (χ0) is 27.4. The fraction of sp³-hybridized carbons (Fsp3) is 0.433. The summed E-state index contributed by atoms with van der Waals surface area (Å²) in [6, 6.07) is 11.8. The highest BCUT2D eigenvalue weighted by Crippen LogP contribution is 2.34. The normalized spacial score (nSPS) is 17.4. The van der Waals surface area contributed by atoms with Gasteiger partial charge in [-0.05, 0) is 90.4 Å². The number of nitrogens with zero attached hydrogens (tertiary/aromatic N) is 3. The number of nitrogens with one attached hydrogen (secondary N) is 2. The Morgan fingerprint density at radius 3 is 2.45 bits per heavy atom. The van der Waals surface area contributed by atoms with Crippen molar-refractivity contribution in [1.82, 2.24) is 20.2 Å². The number of amides is 1. The lowest BCUT2D eigenvalue weighted by Crippen LogP contribution is -2.42. The highest BCUT2D eigenvalue weighted by Gasteiger charge is 2.28. The van der Waals surface area contributed by atoms with Gasteiger partial charge in [0, 0.05) is 65.0 Å². The van der Waals surface area contributed by atoms with Crippen molar-refractivity contribution in [3.05, 3.63) is 80.2 Å². The third-order valence-electron chi connectivity index (χ3n) is 7.69. The van der Waals surface area contributed by atoms with Crippen LogP contribution in [0.25, 0.3) is 11.4 Å². The van der Waals surface area contributed by atoms with E-state index in [9.17, 15) is 9.59 Å². The smallest absolute Gasteiger partial charge is 0.251 e. The number of aryl methyl sites for hydroxylation is 1. The van der Waals surface area contributed by atoms with Crippen LogP contribution < -0.4 is 15.6 Å². The molecule has 202 valence electrons. The monoisotopic (exact) mass is 535 g/mol. The number of carbonyl (C=O) groups is 1. The molecule has 0 spiro atoms. The zero-order valence-corrected chi connectivity index (χ0v) is 23.7. The quantitative estimate of drug-likeness (QED) is 0.407. The van der Waals surface area contributed by atoms with Crippen molar-refractivity contribution >= 4 is 23.2 Å². The second-order valence-corrected chi connectivity index (χ2v) is 10.8. The van der Waals surface area contributed by atoms with Crippen LogP contribution in [0.15, 0.2) is 47.4 Å². The summed E-state index contributed by atoms with van der Waals surface area (Å²) in [6.45, 7) is 6.88. The molecular weight excluding hydrogens is 498 g/mol. The molecule has 1 fully saturated rings. The van der Waals surface area contributed by atoms with E-state index in [1.165, 1.54) is 0 Å². The van der Waals surface area contributed by atoms with E-state index in [0.29, 0.717) is 39.6 Å². The molecule has 7 nitrogen and oxygen atoms in total. The summed E-state index contributed by atoms with van der Waals surface area (Å²) in [7, 11) is 4.30. The van der Waals surface area contributed by atoms with Crippen molar-refractivity contribution in [2.45, 2.75) is 65.1 Å². The second kappa shape index (κ2) is 12.1. The molecule has 0 radical (unpaired) electrons. The molecule has 1 aromatic carbocycles. The number of pyridine rings is 2. The Kier molecular flexibility index (Phi) is 8.90. The van der Waals surface area contributed by atoms with Crippen LogP contribution >= 0.6 is 11.6 Å². The molecule has 38 heavy (non-hydrogen) atoms. The lowest BCUT2D eigenvalue weighted by Gasteiger charge is -2.40. The van der Waals surface area contributed by atoms with E-state index in [2.05, 4.69) is 46.1 Å². The van der Waals surface area contributed by atoms with E-state index in [1.54, 1.807) is 18.3 Å². The molecule has 0 unspecified atom stereocenters. The van der Waals surface area contributed by atoms with Crippen LogP contribution in [0.5, 0.6) is 0 Å². The molecule has 1 aliphatic carbocycles. The molecule has 3 aromatic rings. The zero-order valence-electron chi connectivity index (χ0n) is 23.0. The standard InChI is InChI=1S/C30H38ClN5O2/c1-6-36(23-12-10-22(11-13-23)35(4)5)27-17-21(31)16-24(20(27)3)30(38)33-18-25-28(37)15-19(2)34-29(25)26-9-7-8-14-32-26/h7-9,14-17,22-23H,6,10-13,18H2,1-5H3,(H,33,38)(H,34,37). The number of anilines is 1. The SMILES string of the molecule is CCN(c1cc(Cl)cc(C(=O)NCc2c(-c3ccccn3)[nH]c(C)cc2=O)c1C)C1CCC(N(C)C)CC1. The van der Waals surface area contributed by atoms with Gasteiger partial charge < -0.3 is 20.1 Å². The Balaban J connectivity index is 1.58. The lowest BCUT2D eigenvalue weighted by atomic mass is 9.89. The Hall–Kier alpha value is -3.16. The van der Waals surface area contributed by atoms with Crippen LogP contribution in [0.3, 0.4) is 0 Å². The van der Waals surface area contributed by atoms with Gasteiger partial charge in [0.25, 0.3) is 5.91 Å². The second-order valence-electron chi connectivity index (χ2n) is 10.4. The summed E-state index contributed by atoms with van der Waals surface area (Å²) in [5, 5.41) is 3.49. The third kappa shape index (κ3) is 6.11. The molecule has 1 amide bonds. The van der Waals surface area contributed by atoms with Gasteiger partial charge in [0.15, 0.2) is 5.43 Å². The molecular formula is C30H38ClN5O2. The minimum Gasteiger partial charge on any atom is -0.369 e. The summed E-state index contributed by atoms with van der Waals surface area (Å²) in [5.41, 5.74) is 4.75. The largest absolute Gasteiger partial charge is 0.369 e. The number of carbonyl (C=O) groups excluding carboxylic acids is 1. The first-order chi connectivity index (χ1) is 18.2. The molecule has 8 heteroatoms. The van der Waals surface area contributed by atoms with Gasteiger partial charge in [-0.15, -0.1) is 0 Å². The number of halogens is 1. The van der Waals surface area contributed by atoms with Gasteiger partial charge in [-0.25, -0.2) is 0 Å². The van der Waals surface area contributed by atoms with E-state index in [1.807, 2.05) is 38.1 Å². The molecule has 0 aliphatic heterocycles. The predicted molar refractivity (Wildman–Crippen MR) is 155 cm³/mol. The fourth-order valence-corrected chi connectivity index (χ4v) is 5.81. The minimum atomic E-state index is -0.259. The molecule has 2 aromatic heterocycles. The number of H-pyrrole nitrogens is 1. The molecule has 0 bridgehead atoms. The van der Waals surface area contributed by atoms with Gasteiger partial charge in [0.2, 0.25) is 0 Å². The number of rotatable bonds is 8. The summed E-state index contributed by atoms with van der Waals surface area (Å²) in [6.07, 6.45) is 6.21. The maximum Gasteiger partial charge on any atom is 0.251 e. The summed E-state index contributed by atoms with van der Waals surface area (Å²) >= 11 is 6.56. The third-order valence-corrected chi connectivity index (χ3v) is 7.91. The maximum atomic E-state index is 13.5. The topological polar surface area (TPSA) is 81.3 Å². The molecule has 4 rings (SSSR count). The highest BCUT2D eigenvalue weighted by molar-refractivity contribution is 6.31. The number of benzene rings is 1. The van der Waals surface area contributed by atoms with Crippen molar-refractivity contribution in [3.63, 3.8) is 0 Å². The van der Waals surface area contributed by atoms with E-state index >= 15 is 0 Å². The fourth-order valence-electron chi connectivity index (χ4n) is 5.59. The van der Waals surface area contributed by atoms with Crippen LogP contribution in [-0.4, -0.2) is 53.5 Å². The molecule has 2 heterocycles. The van der Waals surface area contributed by atoms with Crippen molar-refractivity contribution < 1.29 is 4.79 Å². The molecule has 0 saturated heterocycles. The van der Waals surface area contributed by atoms with Crippen molar-refractivity contribution in [1.29, 1.82) is 0 Å². The van der Waals surface area contributed by atoms with Gasteiger partial charge in [0.05, 0.1) is 11.4 Å². The first-order valence-electron chi connectivity index (χ1n) is 13.3. The molecule has 1 aliphatic rings. The van der Waals surface area contributed by atoms with Gasteiger partial charge in [-0.1, -0.05) is 17.7 Å². The van der Waals surface area contributed by atoms with E-state index < -0.39 is 0 Å². The first kappa shape index (κ1) is 27.9. The van der Waals surface area contributed by atoms with Crippen molar-refractivity contribution in [2.75, 3.05) is 25.5 Å². The Morgan fingerprint density at radius 2 is 1.82 bits per heavy atom. The van der Waals surface area contributed by atoms with Crippen LogP contribution in [0.4, 0.5) is 5.69 Å². The maximum absolute atomic E-state index is 13.5. The van der Waals surface area contributed by atoms with Gasteiger partial charge in [0.1, 0.15) is 0 Å². The summed E-state index contributed by atoms with van der Waals surface area (Å²) in [4.78, 5) is 38.7. The number of hydrogen-bond donors (Lipinski definition) is 2. The lowest BCUT2D eigenvalue weighted by molar-refractivity contribution is 0.0950. The Labute approximate surface area is 230 Å². The average molecular weight is 536 g/mol. The highest BCUT2D eigenvalue weighted by atomic mass is 35.5. The summed E-state index contributed by atoms with van der Waals surface area (Å²) < 4.78 is 0. The Bertz CT molecular complexity index is 1330. The first-order valence-corrected chi connectivity index (χ1v) is 13.7. The van der Waals surface area contributed by atoms with Crippen LogP contribution in [0.1, 0.15) is 59.8 Å². The number of hydrogen-bond acceptors (Lipinski definition) is 5. The van der Waals surface area contributed by atoms with Crippen molar-refractivity contribution in [3.8, 4) is 11.4 Å².